The summed E-state index contributed by atoms with van der Waals surface area (Å²) in [5.41, 5.74) is 1.11. The molecule has 1 fully saturated rings. The molecule has 0 atom stereocenters. The van der Waals surface area contributed by atoms with Gasteiger partial charge in [-0.15, -0.1) is 0 Å². The Kier molecular flexibility index (Phi) is 5.99. The summed E-state index contributed by atoms with van der Waals surface area (Å²) >= 11 is 5.98. The quantitative estimate of drug-likeness (QED) is 0.804. The van der Waals surface area contributed by atoms with E-state index in [0.717, 1.165) is 29.8 Å². The molecule has 1 aliphatic rings. The van der Waals surface area contributed by atoms with E-state index in [-0.39, 0.29) is 0 Å². The van der Waals surface area contributed by atoms with E-state index in [4.69, 9.17) is 11.6 Å². The van der Waals surface area contributed by atoms with Crippen molar-refractivity contribution in [2.75, 3.05) is 25.5 Å². The van der Waals surface area contributed by atoms with Crippen LogP contribution in [0.5, 0.6) is 0 Å². The molecule has 2 rings (SSSR count). The zero-order chi connectivity index (χ0) is 13.5. The van der Waals surface area contributed by atoms with Crippen molar-refractivity contribution in [2.45, 2.75) is 44.6 Å². The highest BCUT2D eigenvalue weighted by Crippen LogP contribution is 2.21. The number of rotatable bonds is 5. The van der Waals surface area contributed by atoms with Crippen LogP contribution >= 0.6 is 11.6 Å². The number of halogens is 1. The molecule has 19 heavy (non-hydrogen) atoms. The molecule has 0 radical (unpaired) electrons. The van der Waals surface area contributed by atoms with Crippen LogP contribution in [0, 0.1) is 0 Å². The van der Waals surface area contributed by atoms with Crippen LogP contribution in [0.2, 0.25) is 5.02 Å². The van der Waals surface area contributed by atoms with E-state index in [1.165, 1.54) is 38.5 Å². The fourth-order valence-corrected chi connectivity index (χ4v) is 3.05. The highest BCUT2D eigenvalue weighted by molar-refractivity contribution is 6.30. The minimum Gasteiger partial charge on any atom is -0.384 e. The molecule has 3 heteroatoms. The number of anilines is 1. The third kappa shape index (κ3) is 5.04. The second-order valence-corrected chi connectivity index (χ2v) is 6.00. The van der Waals surface area contributed by atoms with E-state index in [9.17, 15) is 0 Å². The van der Waals surface area contributed by atoms with E-state index in [1.54, 1.807) is 0 Å². The van der Waals surface area contributed by atoms with Crippen molar-refractivity contribution < 1.29 is 0 Å². The molecule has 1 aromatic rings. The summed E-state index contributed by atoms with van der Waals surface area (Å²) in [4.78, 5) is 2.52. The van der Waals surface area contributed by atoms with Gasteiger partial charge >= 0.3 is 0 Å². The zero-order valence-electron chi connectivity index (χ0n) is 11.9. The van der Waals surface area contributed by atoms with E-state index < -0.39 is 0 Å². The van der Waals surface area contributed by atoms with Gasteiger partial charge in [0.1, 0.15) is 0 Å². The lowest BCUT2D eigenvalue weighted by molar-refractivity contribution is 0.229. The topological polar surface area (TPSA) is 15.3 Å². The van der Waals surface area contributed by atoms with Crippen LogP contribution in [-0.4, -0.2) is 31.1 Å². The monoisotopic (exact) mass is 280 g/mol. The number of likely N-dealkylation sites (N-methyl/N-ethyl adjacent to an activating group) is 1. The number of hydrogen-bond acceptors (Lipinski definition) is 2. The van der Waals surface area contributed by atoms with Gasteiger partial charge in [-0.1, -0.05) is 43.4 Å². The third-order valence-electron chi connectivity index (χ3n) is 4.07. The van der Waals surface area contributed by atoms with Gasteiger partial charge in [-0.05, 0) is 38.1 Å². The molecule has 0 spiro atoms. The van der Waals surface area contributed by atoms with E-state index in [0.29, 0.717) is 0 Å². The second-order valence-electron chi connectivity index (χ2n) is 5.56. The Morgan fingerprint density at radius 3 is 2.63 bits per heavy atom. The molecule has 1 aliphatic carbocycles. The van der Waals surface area contributed by atoms with Crippen LogP contribution in [0.15, 0.2) is 24.3 Å². The number of hydrogen-bond donors (Lipinski definition) is 1. The van der Waals surface area contributed by atoms with Crippen molar-refractivity contribution in [1.82, 2.24) is 4.90 Å². The maximum atomic E-state index is 5.98. The first-order valence-corrected chi connectivity index (χ1v) is 7.83. The van der Waals surface area contributed by atoms with Crippen LogP contribution in [-0.2, 0) is 0 Å². The van der Waals surface area contributed by atoms with Gasteiger partial charge in [-0.25, -0.2) is 0 Å². The minimum atomic E-state index is 0.781. The zero-order valence-corrected chi connectivity index (χ0v) is 12.6. The highest BCUT2D eigenvalue weighted by Gasteiger charge is 2.16. The Labute approximate surface area is 122 Å². The number of nitrogens with zero attached hydrogens (tertiary/aromatic N) is 1. The molecule has 1 aromatic carbocycles. The van der Waals surface area contributed by atoms with Crippen molar-refractivity contribution in [2.24, 2.45) is 0 Å². The lowest BCUT2D eigenvalue weighted by atomic mass is 10.1. The van der Waals surface area contributed by atoms with Gasteiger partial charge in [0.2, 0.25) is 0 Å². The molecule has 1 saturated carbocycles. The van der Waals surface area contributed by atoms with Gasteiger partial charge in [0.15, 0.2) is 0 Å². The Bertz CT molecular complexity index is 373. The summed E-state index contributed by atoms with van der Waals surface area (Å²) in [5, 5.41) is 4.24. The molecule has 0 amide bonds. The summed E-state index contributed by atoms with van der Waals surface area (Å²) in [6.07, 6.45) is 8.38. The maximum Gasteiger partial charge on any atom is 0.0426 e. The Hall–Kier alpha value is -0.730. The van der Waals surface area contributed by atoms with Gasteiger partial charge in [0.05, 0.1) is 0 Å². The summed E-state index contributed by atoms with van der Waals surface area (Å²) in [6.45, 7) is 2.07. The molecule has 0 heterocycles. The normalized spacial score (nSPS) is 17.4. The largest absolute Gasteiger partial charge is 0.384 e. The van der Waals surface area contributed by atoms with Gasteiger partial charge in [-0.2, -0.15) is 0 Å². The Morgan fingerprint density at radius 2 is 1.95 bits per heavy atom. The SMILES string of the molecule is CN(CCNc1cccc(Cl)c1)C1CCCCCC1. The molecule has 0 aromatic heterocycles. The summed E-state index contributed by atoms with van der Waals surface area (Å²) in [5.74, 6) is 0. The minimum absolute atomic E-state index is 0.781. The first-order valence-electron chi connectivity index (χ1n) is 7.45. The van der Waals surface area contributed by atoms with Crippen molar-refractivity contribution in [3.63, 3.8) is 0 Å². The highest BCUT2D eigenvalue weighted by atomic mass is 35.5. The Balaban J connectivity index is 1.72. The van der Waals surface area contributed by atoms with Gasteiger partial charge in [0, 0.05) is 29.8 Å². The second kappa shape index (κ2) is 7.76. The van der Waals surface area contributed by atoms with Gasteiger partial charge < -0.3 is 10.2 Å². The van der Waals surface area contributed by atoms with E-state index in [1.807, 2.05) is 18.2 Å². The number of nitrogens with one attached hydrogen (secondary N) is 1. The van der Waals surface area contributed by atoms with Gasteiger partial charge in [0.25, 0.3) is 0 Å². The van der Waals surface area contributed by atoms with Crippen molar-refractivity contribution in [3.8, 4) is 0 Å². The molecular weight excluding hydrogens is 256 g/mol. The lowest BCUT2D eigenvalue weighted by Crippen LogP contribution is -2.34. The standard InChI is InChI=1S/C16H25ClN2/c1-19(16-9-4-2-3-5-10-16)12-11-18-15-8-6-7-14(17)13-15/h6-8,13,16,18H,2-5,9-12H2,1H3. The molecule has 0 bridgehead atoms. The van der Waals surface area contributed by atoms with Crippen LogP contribution in [0.4, 0.5) is 5.69 Å². The summed E-state index contributed by atoms with van der Waals surface area (Å²) in [7, 11) is 2.26. The maximum absolute atomic E-state index is 5.98. The van der Waals surface area contributed by atoms with Crippen LogP contribution in [0.25, 0.3) is 0 Å². The average Bonchev–Trinajstić information content (AvgIpc) is 2.67. The molecule has 0 saturated heterocycles. The van der Waals surface area contributed by atoms with Crippen molar-refractivity contribution in [3.05, 3.63) is 29.3 Å². The molecular formula is C16H25ClN2. The van der Waals surface area contributed by atoms with Crippen LogP contribution in [0.3, 0.4) is 0 Å². The first kappa shape index (κ1) is 14.7. The van der Waals surface area contributed by atoms with Crippen molar-refractivity contribution >= 4 is 17.3 Å². The predicted molar refractivity (Wildman–Crippen MR) is 84.1 cm³/mol. The molecule has 1 N–H and O–H groups in total. The third-order valence-corrected chi connectivity index (χ3v) is 4.30. The predicted octanol–water partition coefficient (Wildman–Crippen LogP) is 4.41. The van der Waals surface area contributed by atoms with Crippen molar-refractivity contribution in [1.29, 1.82) is 0 Å². The van der Waals surface area contributed by atoms with Crippen LogP contribution in [0.1, 0.15) is 38.5 Å². The fraction of sp³-hybridized carbons (Fsp3) is 0.625. The molecule has 2 nitrogen and oxygen atoms in total. The van der Waals surface area contributed by atoms with E-state index in [2.05, 4.69) is 23.3 Å². The number of benzene rings is 1. The fourth-order valence-electron chi connectivity index (χ4n) is 2.86. The first-order chi connectivity index (χ1) is 9.25. The molecule has 106 valence electrons. The van der Waals surface area contributed by atoms with E-state index >= 15 is 0 Å². The average molecular weight is 281 g/mol. The molecule has 0 aliphatic heterocycles. The lowest BCUT2D eigenvalue weighted by Gasteiger charge is -2.27. The smallest absolute Gasteiger partial charge is 0.0426 e. The summed E-state index contributed by atoms with van der Waals surface area (Å²) < 4.78 is 0. The summed E-state index contributed by atoms with van der Waals surface area (Å²) in [6, 6.07) is 8.72. The van der Waals surface area contributed by atoms with Crippen LogP contribution < -0.4 is 5.32 Å². The molecule has 0 unspecified atom stereocenters. The Morgan fingerprint density at radius 1 is 1.21 bits per heavy atom. The van der Waals surface area contributed by atoms with Gasteiger partial charge in [-0.3, -0.25) is 0 Å².